The minimum Gasteiger partial charge on any atom is -0.435 e. The average molecular weight is 405 g/mol. The Kier molecular flexibility index (Phi) is 6.05. The molecule has 2 unspecified atom stereocenters. The number of benzene rings is 1. The molecular weight excluding hydrogens is 378 g/mol. The number of likely N-dealkylation sites (tertiary alicyclic amines) is 1. The largest absolute Gasteiger partial charge is 0.521 e. The standard InChI is InChI=1S/C21H25NO5S/c1-13-5-4-10-22(13,21(26)27)19(24)12-18(28-14(2)23)20(25)17-9-8-15-6-3-7-16(15)11-17/h8-9,11,13,18H,3-7,10,12H2,1-2H3/p+1/t13-,18?,22?/m1/s1. The number of carbonyl (C=O) groups excluding carboxylic acids is 3. The first-order chi connectivity index (χ1) is 13.3. The SMILES string of the molecule is CC(=O)SC(CC(=O)[N+]1(C(=O)O)CCC[C@H]1C)C(=O)c1ccc2c(c1)CCC2. The number of rotatable bonds is 5. The maximum Gasteiger partial charge on any atom is 0.521 e. The van der Waals surface area contributed by atoms with Crippen LogP contribution in [0.5, 0.6) is 0 Å². The molecule has 1 aliphatic carbocycles. The van der Waals surface area contributed by atoms with Crippen LogP contribution < -0.4 is 0 Å². The van der Waals surface area contributed by atoms with Crippen LogP contribution >= 0.6 is 11.8 Å². The van der Waals surface area contributed by atoms with Gasteiger partial charge in [-0.15, -0.1) is 0 Å². The fourth-order valence-electron chi connectivity index (χ4n) is 4.46. The van der Waals surface area contributed by atoms with E-state index >= 15 is 0 Å². The zero-order chi connectivity index (χ0) is 20.5. The predicted molar refractivity (Wildman–Crippen MR) is 106 cm³/mol. The van der Waals surface area contributed by atoms with E-state index in [1.165, 1.54) is 12.5 Å². The number of nitrogens with zero attached hydrogens (tertiary/aromatic N) is 1. The maximum absolute atomic E-state index is 13.1. The number of thioether (sulfide) groups is 1. The number of ketones is 1. The second kappa shape index (κ2) is 8.17. The highest BCUT2D eigenvalue weighted by molar-refractivity contribution is 8.14. The van der Waals surface area contributed by atoms with Gasteiger partial charge in [-0.05, 0) is 43.4 Å². The summed E-state index contributed by atoms with van der Waals surface area (Å²) in [4.78, 5) is 49.8. The molecule has 0 bridgehead atoms. The van der Waals surface area contributed by atoms with Crippen molar-refractivity contribution in [2.75, 3.05) is 6.54 Å². The molecule has 1 aromatic rings. The van der Waals surface area contributed by atoms with Crippen molar-refractivity contribution in [3.8, 4) is 0 Å². The van der Waals surface area contributed by atoms with Gasteiger partial charge >= 0.3 is 12.0 Å². The summed E-state index contributed by atoms with van der Waals surface area (Å²) in [5.41, 5.74) is 2.87. The number of hydrogen-bond acceptors (Lipinski definition) is 5. The van der Waals surface area contributed by atoms with Gasteiger partial charge in [-0.2, -0.15) is 9.28 Å². The molecule has 150 valence electrons. The number of Topliss-reactive ketones (excluding diaryl/α,β-unsaturated/α-hetero) is 1. The highest BCUT2D eigenvalue weighted by atomic mass is 32.2. The van der Waals surface area contributed by atoms with Crippen molar-refractivity contribution >= 4 is 34.7 Å². The molecule has 1 aromatic carbocycles. The van der Waals surface area contributed by atoms with Crippen LogP contribution in [0.3, 0.4) is 0 Å². The molecule has 3 rings (SSSR count). The smallest absolute Gasteiger partial charge is 0.435 e. The van der Waals surface area contributed by atoms with Crippen LogP contribution in [-0.4, -0.2) is 50.3 Å². The van der Waals surface area contributed by atoms with Crippen LogP contribution in [0.25, 0.3) is 0 Å². The summed E-state index contributed by atoms with van der Waals surface area (Å²) in [7, 11) is 0. The van der Waals surface area contributed by atoms with Crippen LogP contribution in [-0.2, 0) is 22.4 Å². The normalized spacial score (nSPS) is 24.6. The van der Waals surface area contributed by atoms with E-state index in [4.69, 9.17) is 0 Å². The summed E-state index contributed by atoms with van der Waals surface area (Å²) in [6, 6.07) is 5.23. The zero-order valence-electron chi connectivity index (χ0n) is 16.3. The fraction of sp³-hybridized carbons (Fsp3) is 0.524. The lowest BCUT2D eigenvalue weighted by molar-refractivity contribution is -0.792. The van der Waals surface area contributed by atoms with Crippen molar-refractivity contribution in [2.45, 2.75) is 63.7 Å². The molecule has 2 amide bonds. The molecule has 0 aromatic heterocycles. The second-order valence-corrected chi connectivity index (χ2v) is 9.14. The first kappa shape index (κ1) is 20.7. The molecule has 3 atom stereocenters. The van der Waals surface area contributed by atoms with Gasteiger partial charge in [-0.3, -0.25) is 9.59 Å². The Bertz CT molecular complexity index is 836. The van der Waals surface area contributed by atoms with E-state index in [9.17, 15) is 24.3 Å². The number of carboxylic acid groups (broad SMARTS) is 1. The van der Waals surface area contributed by atoms with Gasteiger partial charge in [0.2, 0.25) is 0 Å². The van der Waals surface area contributed by atoms with Crippen molar-refractivity contribution < 1.29 is 28.8 Å². The summed E-state index contributed by atoms with van der Waals surface area (Å²) in [5.74, 6) is -0.774. The van der Waals surface area contributed by atoms with E-state index in [1.807, 2.05) is 12.1 Å². The summed E-state index contributed by atoms with van der Waals surface area (Å²) < 4.78 is -0.646. The number of fused-ring (bicyclic) bond motifs is 1. The lowest BCUT2D eigenvalue weighted by atomic mass is 10.0. The molecule has 6 nitrogen and oxygen atoms in total. The number of amides is 2. The molecular formula is C21H26NO5S+. The molecule has 7 heteroatoms. The molecule has 1 fully saturated rings. The van der Waals surface area contributed by atoms with E-state index < -0.39 is 21.7 Å². The van der Waals surface area contributed by atoms with E-state index in [0.717, 1.165) is 36.6 Å². The van der Waals surface area contributed by atoms with E-state index in [0.29, 0.717) is 18.4 Å². The quantitative estimate of drug-likeness (QED) is 0.596. The summed E-state index contributed by atoms with van der Waals surface area (Å²) in [6.07, 6.45) is 2.88. The van der Waals surface area contributed by atoms with Gasteiger partial charge in [0.15, 0.2) is 10.9 Å². The summed E-state index contributed by atoms with van der Waals surface area (Å²) in [6.45, 7) is 3.35. The Morgan fingerprint density at radius 3 is 2.50 bits per heavy atom. The van der Waals surface area contributed by atoms with E-state index in [-0.39, 0.29) is 29.9 Å². The molecule has 28 heavy (non-hydrogen) atoms. The van der Waals surface area contributed by atoms with Crippen LogP contribution in [0.15, 0.2) is 18.2 Å². The average Bonchev–Trinajstić information content (AvgIpc) is 3.26. The molecule has 1 saturated heterocycles. The molecule has 1 aliphatic heterocycles. The highest BCUT2D eigenvalue weighted by Crippen LogP contribution is 2.32. The molecule has 0 radical (unpaired) electrons. The van der Waals surface area contributed by atoms with Gasteiger partial charge in [0.05, 0.1) is 18.2 Å². The molecule has 0 saturated carbocycles. The van der Waals surface area contributed by atoms with Crippen molar-refractivity contribution in [2.24, 2.45) is 0 Å². The first-order valence-corrected chi connectivity index (χ1v) is 10.6. The number of aryl methyl sites for hydroxylation is 2. The lowest BCUT2D eigenvalue weighted by Gasteiger charge is -2.30. The molecule has 0 spiro atoms. The highest BCUT2D eigenvalue weighted by Gasteiger charge is 2.53. The molecule has 1 heterocycles. The Morgan fingerprint density at radius 2 is 1.89 bits per heavy atom. The van der Waals surface area contributed by atoms with Crippen molar-refractivity contribution in [1.82, 2.24) is 0 Å². The van der Waals surface area contributed by atoms with Gasteiger partial charge in [-0.1, -0.05) is 23.9 Å². The van der Waals surface area contributed by atoms with E-state index in [2.05, 4.69) is 0 Å². The van der Waals surface area contributed by atoms with Crippen molar-refractivity contribution in [3.63, 3.8) is 0 Å². The van der Waals surface area contributed by atoms with Gasteiger partial charge in [-0.25, -0.2) is 4.79 Å². The third-order valence-electron chi connectivity index (χ3n) is 6.02. The third kappa shape index (κ3) is 3.78. The number of hydrogen-bond donors (Lipinski definition) is 1. The molecule has 2 aliphatic rings. The number of carbonyl (C=O) groups is 4. The first-order valence-electron chi connectivity index (χ1n) is 9.73. The summed E-state index contributed by atoms with van der Waals surface area (Å²) in [5, 5.41) is 8.60. The van der Waals surface area contributed by atoms with Gasteiger partial charge in [0.25, 0.3) is 0 Å². The van der Waals surface area contributed by atoms with Gasteiger partial charge in [0.1, 0.15) is 6.04 Å². The van der Waals surface area contributed by atoms with Crippen LogP contribution in [0.2, 0.25) is 0 Å². The van der Waals surface area contributed by atoms with Crippen molar-refractivity contribution in [1.29, 1.82) is 0 Å². The topological polar surface area (TPSA) is 88.5 Å². The van der Waals surface area contributed by atoms with Crippen LogP contribution in [0.4, 0.5) is 4.79 Å². The van der Waals surface area contributed by atoms with E-state index in [1.54, 1.807) is 13.0 Å². The zero-order valence-corrected chi connectivity index (χ0v) is 17.1. The lowest BCUT2D eigenvalue weighted by Crippen LogP contribution is -2.59. The minimum absolute atomic E-state index is 0.236. The Morgan fingerprint density at radius 1 is 1.18 bits per heavy atom. The maximum atomic E-state index is 13.1. The Balaban J connectivity index is 1.86. The Labute approximate surface area is 168 Å². The third-order valence-corrected chi connectivity index (χ3v) is 7.01. The molecule has 1 N–H and O–H groups in total. The van der Waals surface area contributed by atoms with Crippen LogP contribution in [0.1, 0.15) is 61.0 Å². The second-order valence-electron chi connectivity index (χ2n) is 7.76. The minimum atomic E-state index is -1.17. The van der Waals surface area contributed by atoms with Gasteiger partial charge < -0.3 is 5.11 Å². The fourth-order valence-corrected chi connectivity index (χ4v) is 5.33. The Hall–Kier alpha value is -1.99. The monoisotopic (exact) mass is 404 g/mol. The number of imide groups is 1. The van der Waals surface area contributed by atoms with Gasteiger partial charge in [0, 0.05) is 25.3 Å². The van der Waals surface area contributed by atoms with Crippen molar-refractivity contribution in [3.05, 3.63) is 34.9 Å². The summed E-state index contributed by atoms with van der Waals surface area (Å²) >= 11 is 0.822. The van der Waals surface area contributed by atoms with Crippen LogP contribution in [0, 0.1) is 0 Å². The predicted octanol–water partition coefficient (Wildman–Crippen LogP) is 3.60. The number of quaternary nitrogens is 1.